The molecule has 0 aliphatic rings. The maximum absolute atomic E-state index is 12.4. The largest absolute Gasteiger partial charge is 0.497 e. The number of tetrazole rings is 1. The van der Waals surface area contributed by atoms with Gasteiger partial charge < -0.3 is 10.1 Å². The van der Waals surface area contributed by atoms with E-state index in [2.05, 4.69) is 25.8 Å². The lowest BCUT2D eigenvalue weighted by Gasteiger charge is -2.04. The monoisotopic (exact) mass is 392 g/mol. The molecule has 2 aromatic carbocycles. The molecule has 0 saturated carbocycles. The number of hydrogen-bond donors (Lipinski definition) is 1. The van der Waals surface area contributed by atoms with Crippen molar-refractivity contribution in [3.63, 3.8) is 0 Å². The van der Waals surface area contributed by atoms with Crippen LogP contribution in [0.5, 0.6) is 5.75 Å². The van der Waals surface area contributed by atoms with E-state index in [1.807, 2.05) is 60.0 Å². The lowest BCUT2D eigenvalue weighted by Crippen LogP contribution is -2.20. The Bertz CT molecular complexity index is 1080. The molecule has 4 rings (SSSR count). The van der Waals surface area contributed by atoms with Gasteiger partial charge in [-0.3, -0.25) is 4.79 Å². The highest BCUT2D eigenvalue weighted by Gasteiger charge is 2.14. The summed E-state index contributed by atoms with van der Waals surface area (Å²) in [4.78, 5) is 16.9. The Kier molecular flexibility index (Phi) is 5.07. The summed E-state index contributed by atoms with van der Waals surface area (Å²) in [6.45, 7) is -0.00528. The van der Waals surface area contributed by atoms with Crippen molar-refractivity contribution >= 4 is 22.4 Å². The molecule has 9 heteroatoms. The third kappa shape index (κ3) is 3.89. The molecule has 0 aliphatic heterocycles. The molecule has 0 bridgehead atoms. The molecular formula is C19H16N6O2S. The molecule has 0 atom stereocenters. The van der Waals surface area contributed by atoms with Gasteiger partial charge in [0.1, 0.15) is 12.3 Å². The lowest BCUT2D eigenvalue weighted by molar-refractivity contribution is -0.116. The highest BCUT2D eigenvalue weighted by molar-refractivity contribution is 7.14. The number of methoxy groups -OCH3 is 1. The Morgan fingerprint density at radius 2 is 1.89 bits per heavy atom. The van der Waals surface area contributed by atoms with E-state index in [1.165, 1.54) is 16.0 Å². The summed E-state index contributed by atoms with van der Waals surface area (Å²) in [5, 5.41) is 16.8. The minimum absolute atomic E-state index is 0.00528. The first-order valence-corrected chi connectivity index (χ1v) is 9.32. The number of ether oxygens (including phenoxy) is 1. The van der Waals surface area contributed by atoms with E-state index in [9.17, 15) is 4.79 Å². The van der Waals surface area contributed by atoms with Gasteiger partial charge in [0.25, 0.3) is 0 Å². The molecule has 2 heterocycles. The Morgan fingerprint density at radius 3 is 2.64 bits per heavy atom. The molecule has 140 valence electrons. The summed E-state index contributed by atoms with van der Waals surface area (Å²) in [6.07, 6.45) is 0. The Hall–Kier alpha value is -3.59. The van der Waals surface area contributed by atoms with Crippen LogP contribution < -0.4 is 10.1 Å². The number of benzene rings is 2. The summed E-state index contributed by atoms with van der Waals surface area (Å²) < 4.78 is 6.62. The highest BCUT2D eigenvalue weighted by Crippen LogP contribution is 2.26. The smallest absolute Gasteiger partial charge is 0.248 e. The van der Waals surface area contributed by atoms with Crippen molar-refractivity contribution in [3.05, 3.63) is 60.0 Å². The quantitative estimate of drug-likeness (QED) is 0.542. The van der Waals surface area contributed by atoms with Gasteiger partial charge in [-0.15, -0.1) is 16.4 Å². The van der Waals surface area contributed by atoms with Gasteiger partial charge in [0.2, 0.25) is 5.91 Å². The predicted octanol–water partition coefficient (Wildman–Crippen LogP) is 3.11. The van der Waals surface area contributed by atoms with Crippen LogP contribution in [0.15, 0.2) is 60.0 Å². The minimum atomic E-state index is -0.250. The van der Waals surface area contributed by atoms with Crippen LogP contribution in [0.25, 0.3) is 22.6 Å². The third-order valence-corrected chi connectivity index (χ3v) is 4.75. The molecule has 0 fully saturated rings. The molecule has 0 radical (unpaired) electrons. The van der Waals surface area contributed by atoms with Gasteiger partial charge in [-0.25, -0.2) is 9.67 Å². The number of amides is 1. The Balaban J connectivity index is 1.44. The molecule has 8 nitrogen and oxygen atoms in total. The number of nitrogens with zero attached hydrogens (tertiary/aromatic N) is 5. The van der Waals surface area contributed by atoms with E-state index in [0.29, 0.717) is 11.0 Å². The second-order valence-corrected chi connectivity index (χ2v) is 6.70. The van der Waals surface area contributed by atoms with Crippen molar-refractivity contribution in [2.24, 2.45) is 0 Å². The van der Waals surface area contributed by atoms with Crippen LogP contribution >= 0.6 is 11.3 Å². The molecule has 0 saturated heterocycles. The fourth-order valence-corrected chi connectivity index (χ4v) is 3.36. The van der Waals surface area contributed by atoms with Crippen LogP contribution in [0.2, 0.25) is 0 Å². The molecule has 0 unspecified atom stereocenters. The third-order valence-electron chi connectivity index (χ3n) is 3.99. The highest BCUT2D eigenvalue weighted by atomic mass is 32.1. The van der Waals surface area contributed by atoms with Gasteiger partial charge in [-0.2, -0.15) is 0 Å². The van der Waals surface area contributed by atoms with E-state index in [1.54, 1.807) is 7.11 Å². The van der Waals surface area contributed by atoms with Gasteiger partial charge in [0, 0.05) is 16.5 Å². The number of anilines is 1. The van der Waals surface area contributed by atoms with Gasteiger partial charge in [0.15, 0.2) is 11.0 Å². The second-order valence-electron chi connectivity index (χ2n) is 5.84. The van der Waals surface area contributed by atoms with Gasteiger partial charge >= 0.3 is 0 Å². The van der Waals surface area contributed by atoms with Crippen molar-refractivity contribution in [3.8, 4) is 28.4 Å². The normalized spacial score (nSPS) is 10.6. The number of hydrogen-bond acceptors (Lipinski definition) is 7. The van der Waals surface area contributed by atoms with E-state index in [4.69, 9.17) is 4.74 Å². The van der Waals surface area contributed by atoms with E-state index in [0.717, 1.165) is 22.6 Å². The van der Waals surface area contributed by atoms with Crippen molar-refractivity contribution in [1.82, 2.24) is 25.2 Å². The van der Waals surface area contributed by atoms with Crippen LogP contribution in [0.3, 0.4) is 0 Å². The fourth-order valence-electron chi connectivity index (χ4n) is 2.63. The maximum Gasteiger partial charge on any atom is 0.248 e. The summed E-state index contributed by atoms with van der Waals surface area (Å²) in [6, 6.07) is 17.1. The van der Waals surface area contributed by atoms with Crippen molar-refractivity contribution in [1.29, 1.82) is 0 Å². The standard InChI is InChI=1S/C19H16N6O2S/c1-27-15-9-7-13(8-10-15)16-12-28-19(20-16)21-17(26)11-25-18(22-23-24-25)14-5-3-2-4-6-14/h2-10,12H,11H2,1H3,(H,20,21,26). The van der Waals surface area contributed by atoms with E-state index in [-0.39, 0.29) is 12.5 Å². The van der Waals surface area contributed by atoms with Crippen LogP contribution in [-0.2, 0) is 11.3 Å². The first-order chi connectivity index (χ1) is 13.7. The zero-order chi connectivity index (χ0) is 19.3. The summed E-state index contributed by atoms with van der Waals surface area (Å²) in [7, 11) is 1.62. The summed E-state index contributed by atoms with van der Waals surface area (Å²) >= 11 is 1.36. The Labute approximate surface area is 164 Å². The van der Waals surface area contributed by atoms with Gasteiger partial charge in [0.05, 0.1) is 12.8 Å². The van der Waals surface area contributed by atoms with Crippen molar-refractivity contribution < 1.29 is 9.53 Å². The topological polar surface area (TPSA) is 94.8 Å². The van der Waals surface area contributed by atoms with E-state index < -0.39 is 0 Å². The van der Waals surface area contributed by atoms with Gasteiger partial charge in [-0.1, -0.05) is 30.3 Å². The molecule has 4 aromatic rings. The van der Waals surface area contributed by atoms with E-state index >= 15 is 0 Å². The molecule has 0 aliphatic carbocycles. The molecule has 28 heavy (non-hydrogen) atoms. The van der Waals surface area contributed by atoms with Gasteiger partial charge in [-0.05, 0) is 34.7 Å². The molecule has 1 N–H and O–H groups in total. The molecule has 1 amide bonds. The number of aromatic nitrogens is 5. The summed E-state index contributed by atoms with van der Waals surface area (Å²) in [5.74, 6) is 1.07. The fraction of sp³-hybridized carbons (Fsp3) is 0.105. The SMILES string of the molecule is COc1ccc(-c2csc(NC(=O)Cn3nnnc3-c3ccccc3)n2)cc1. The number of rotatable bonds is 6. The first kappa shape index (κ1) is 17.8. The summed E-state index contributed by atoms with van der Waals surface area (Å²) in [5.41, 5.74) is 2.58. The zero-order valence-electron chi connectivity index (χ0n) is 14.9. The average Bonchev–Trinajstić information content (AvgIpc) is 3.38. The van der Waals surface area contributed by atoms with Crippen molar-refractivity contribution in [2.45, 2.75) is 6.54 Å². The predicted molar refractivity (Wildman–Crippen MR) is 106 cm³/mol. The van der Waals surface area contributed by atoms with Crippen LogP contribution in [0, 0.1) is 0 Å². The molecule has 2 aromatic heterocycles. The number of carbonyl (C=O) groups is 1. The van der Waals surface area contributed by atoms with Crippen LogP contribution in [-0.4, -0.2) is 38.2 Å². The van der Waals surface area contributed by atoms with Crippen LogP contribution in [0.4, 0.5) is 5.13 Å². The second kappa shape index (κ2) is 7.97. The average molecular weight is 392 g/mol. The minimum Gasteiger partial charge on any atom is -0.497 e. The number of thiazole rings is 1. The zero-order valence-corrected chi connectivity index (χ0v) is 15.8. The van der Waals surface area contributed by atoms with Crippen molar-refractivity contribution in [2.75, 3.05) is 12.4 Å². The molecular weight excluding hydrogens is 376 g/mol. The molecule has 0 spiro atoms. The Morgan fingerprint density at radius 1 is 1.11 bits per heavy atom. The maximum atomic E-state index is 12.4. The van der Waals surface area contributed by atoms with Crippen LogP contribution in [0.1, 0.15) is 0 Å². The number of carbonyl (C=O) groups excluding carboxylic acids is 1. The first-order valence-electron chi connectivity index (χ1n) is 8.44. The lowest BCUT2D eigenvalue weighted by atomic mass is 10.2. The number of nitrogens with one attached hydrogen (secondary N) is 1.